The van der Waals surface area contributed by atoms with Crippen LogP contribution in [-0.2, 0) is 9.05 Å². The highest BCUT2D eigenvalue weighted by Crippen LogP contribution is 2.38. The molecule has 5 nitrogen and oxygen atoms in total. The van der Waals surface area contributed by atoms with Crippen LogP contribution in [-0.4, -0.2) is 25.5 Å². The van der Waals surface area contributed by atoms with Crippen molar-refractivity contribution in [1.82, 2.24) is 9.97 Å². The Morgan fingerprint density at radius 3 is 2.44 bits per heavy atom. The average molecular weight is 417 g/mol. The van der Waals surface area contributed by atoms with Gasteiger partial charge in [0.1, 0.15) is 17.4 Å². The van der Waals surface area contributed by atoms with Crippen LogP contribution in [0, 0.1) is 12.7 Å². The van der Waals surface area contributed by atoms with E-state index in [4.69, 9.17) is 15.4 Å². The molecule has 0 N–H and O–H groups in total. The van der Waals surface area contributed by atoms with Gasteiger partial charge < -0.3 is 4.74 Å². The number of hydrogen-bond donors (Lipinski definition) is 0. The Bertz CT molecular complexity index is 1150. The van der Waals surface area contributed by atoms with Crippen molar-refractivity contribution in [2.45, 2.75) is 18.2 Å². The molecular weight excluding hydrogens is 405 g/mol. The summed E-state index contributed by atoms with van der Waals surface area (Å²) in [6, 6.07) is 5.75. The lowest BCUT2D eigenvalue weighted by molar-refractivity contribution is 0.146. The summed E-state index contributed by atoms with van der Waals surface area (Å²) in [5, 5.41) is 0.382. The van der Waals surface area contributed by atoms with E-state index in [1.807, 2.05) is 0 Å². The smallest absolute Gasteiger partial charge is 0.266 e. The number of nitrogens with zero attached hydrogens (tertiary/aromatic N) is 2. The molecule has 0 aliphatic heterocycles. The molecular formula is C17H12ClF3N2O3S. The molecule has 27 heavy (non-hydrogen) atoms. The first-order chi connectivity index (χ1) is 12.6. The van der Waals surface area contributed by atoms with Crippen LogP contribution in [0.25, 0.3) is 22.2 Å². The van der Waals surface area contributed by atoms with Gasteiger partial charge in [0.15, 0.2) is 0 Å². The molecule has 0 atom stereocenters. The van der Waals surface area contributed by atoms with Crippen LogP contribution in [0.1, 0.15) is 17.8 Å². The zero-order valence-electron chi connectivity index (χ0n) is 14.0. The number of rotatable bonds is 4. The number of aromatic nitrogens is 2. The quantitative estimate of drug-likeness (QED) is 0.580. The second kappa shape index (κ2) is 6.97. The Kier molecular flexibility index (Phi) is 5.00. The van der Waals surface area contributed by atoms with E-state index in [1.54, 1.807) is 6.92 Å². The van der Waals surface area contributed by atoms with Crippen LogP contribution < -0.4 is 4.74 Å². The monoisotopic (exact) mass is 416 g/mol. The van der Waals surface area contributed by atoms with Gasteiger partial charge in [-0.15, -0.1) is 0 Å². The standard InChI is InChI=1S/C17H12ClF3N2O3S/c1-8-22-14-5-9(27(18,24)25)3-4-10(14)16(23-8)12-6-13(19)11(17(20)21)7-15(12)26-2/h3-7,17H,1-2H3. The van der Waals surface area contributed by atoms with Crippen molar-refractivity contribution in [2.24, 2.45) is 0 Å². The molecule has 0 spiro atoms. The summed E-state index contributed by atoms with van der Waals surface area (Å²) in [6.45, 7) is 1.56. The lowest BCUT2D eigenvalue weighted by Gasteiger charge is -2.14. The molecule has 2 aromatic carbocycles. The normalized spacial score (nSPS) is 12.0. The summed E-state index contributed by atoms with van der Waals surface area (Å²) >= 11 is 0. The first kappa shape index (κ1) is 19.4. The van der Waals surface area contributed by atoms with Crippen LogP contribution in [0.3, 0.4) is 0 Å². The van der Waals surface area contributed by atoms with Crippen molar-refractivity contribution in [1.29, 1.82) is 0 Å². The zero-order valence-corrected chi connectivity index (χ0v) is 15.6. The van der Waals surface area contributed by atoms with Gasteiger partial charge in [-0.1, -0.05) is 0 Å². The van der Waals surface area contributed by atoms with Crippen molar-refractivity contribution >= 4 is 30.6 Å². The minimum atomic E-state index is -3.98. The molecule has 3 aromatic rings. The van der Waals surface area contributed by atoms with Gasteiger partial charge in [-0.05, 0) is 37.3 Å². The Labute approximate surface area is 157 Å². The topological polar surface area (TPSA) is 69.2 Å². The molecule has 0 aliphatic rings. The SMILES string of the molecule is COc1cc(C(F)F)c(F)cc1-c1nc(C)nc2cc(S(=O)(=O)Cl)ccc12. The Balaban J connectivity index is 2.33. The largest absolute Gasteiger partial charge is 0.496 e. The van der Waals surface area contributed by atoms with Gasteiger partial charge >= 0.3 is 0 Å². The maximum atomic E-state index is 14.1. The highest BCUT2D eigenvalue weighted by molar-refractivity contribution is 8.13. The number of fused-ring (bicyclic) bond motifs is 1. The molecule has 0 saturated carbocycles. The van der Waals surface area contributed by atoms with E-state index in [-0.39, 0.29) is 33.2 Å². The first-order valence-electron chi connectivity index (χ1n) is 7.51. The number of ether oxygens (including phenoxy) is 1. The van der Waals surface area contributed by atoms with E-state index in [9.17, 15) is 21.6 Å². The van der Waals surface area contributed by atoms with Crippen molar-refractivity contribution in [3.05, 3.63) is 47.5 Å². The summed E-state index contributed by atoms with van der Waals surface area (Å²) in [5.74, 6) is -0.840. The van der Waals surface area contributed by atoms with Crippen LogP contribution in [0.15, 0.2) is 35.2 Å². The Hall–Kier alpha value is -2.39. The van der Waals surface area contributed by atoms with Crippen molar-refractivity contribution < 1.29 is 26.3 Å². The second-order valence-electron chi connectivity index (χ2n) is 5.61. The molecule has 0 amide bonds. The number of methoxy groups -OCH3 is 1. The summed E-state index contributed by atoms with van der Waals surface area (Å²) in [5.41, 5.74) is -0.190. The van der Waals surface area contributed by atoms with Crippen LogP contribution in [0.4, 0.5) is 13.2 Å². The van der Waals surface area contributed by atoms with E-state index >= 15 is 0 Å². The summed E-state index contributed by atoms with van der Waals surface area (Å²) < 4.78 is 68.3. The fourth-order valence-corrected chi connectivity index (χ4v) is 3.44. The molecule has 1 heterocycles. The lowest BCUT2D eigenvalue weighted by Crippen LogP contribution is -2.00. The van der Waals surface area contributed by atoms with E-state index < -0.39 is 26.9 Å². The highest BCUT2D eigenvalue weighted by Gasteiger charge is 2.21. The Morgan fingerprint density at radius 1 is 1.15 bits per heavy atom. The molecule has 0 bridgehead atoms. The minimum Gasteiger partial charge on any atom is -0.496 e. The molecule has 3 rings (SSSR count). The highest BCUT2D eigenvalue weighted by atomic mass is 35.7. The third-order valence-electron chi connectivity index (χ3n) is 3.87. The van der Waals surface area contributed by atoms with Crippen LogP contribution in [0.5, 0.6) is 5.75 Å². The number of benzene rings is 2. The van der Waals surface area contributed by atoms with Gasteiger partial charge in [0.2, 0.25) is 0 Å². The minimum absolute atomic E-state index is 0.000131. The van der Waals surface area contributed by atoms with E-state index in [2.05, 4.69) is 9.97 Å². The molecule has 10 heteroatoms. The molecule has 0 saturated heterocycles. The molecule has 1 aromatic heterocycles. The predicted octanol–water partition coefficient (Wildman–Crippen LogP) is 4.62. The number of aryl methyl sites for hydroxylation is 1. The number of halogens is 4. The summed E-state index contributed by atoms with van der Waals surface area (Å²) in [6.07, 6.45) is -3.01. The predicted molar refractivity (Wildman–Crippen MR) is 94.2 cm³/mol. The average Bonchev–Trinajstić information content (AvgIpc) is 2.59. The summed E-state index contributed by atoms with van der Waals surface area (Å²) in [7, 11) is 2.65. The summed E-state index contributed by atoms with van der Waals surface area (Å²) in [4.78, 5) is 8.27. The number of alkyl halides is 2. The van der Waals surface area contributed by atoms with Gasteiger partial charge in [-0.2, -0.15) is 0 Å². The number of hydrogen-bond acceptors (Lipinski definition) is 5. The first-order valence-corrected chi connectivity index (χ1v) is 9.81. The van der Waals surface area contributed by atoms with E-state index in [1.165, 1.54) is 25.3 Å². The third-order valence-corrected chi connectivity index (χ3v) is 5.22. The van der Waals surface area contributed by atoms with Gasteiger partial charge in [0, 0.05) is 21.6 Å². The third kappa shape index (κ3) is 3.70. The fourth-order valence-electron chi connectivity index (χ4n) is 2.67. The molecule has 142 valence electrons. The zero-order chi connectivity index (χ0) is 19.9. The van der Waals surface area contributed by atoms with Crippen LogP contribution in [0.2, 0.25) is 0 Å². The maximum Gasteiger partial charge on any atom is 0.266 e. The van der Waals surface area contributed by atoms with Gasteiger partial charge in [0.25, 0.3) is 15.5 Å². The van der Waals surface area contributed by atoms with E-state index in [0.29, 0.717) is 5.39 Å². The van der Waals surface area contributed by atoms with Gasteiger partial charge in [0.05, 0.1) is 28.8 Å². The Morgan fingerprint density at radius 2 is 1.85 bits per heavy atom. The van der Waals surface area contributed by atoms with Gasteiger partial charge in [-0.3, -0.25) is 0 Å². The van der Waals surface area contributed by atoms with Crippen molar-refractivity contribution in [3.63, 3.8) is 0 Å². The molecule has 0 radical (unpaired) electrons. The fraction of sp³-hybridized carbons (Fsp3) is 0.176. The van der Waals surface area contributed by atoms with Gasteiger partial charge in [-0.25, -0.2) is 31.6 Å². The van der Waals surface area contributed by atoms with Crippen molar-refractivity contribution in [2.75, 3.05) is 7.11 Å². The molecule has 0 aliphatic carbocycles. The van der Waals surface area contributed by atoms with E-state index in [0.717, 1.165) is 12.1 Å². The second-order valence-corrected chi connectivity index (χ2v) is 8.18. The van der Waals surface area contributed by atoms with Crippen molar-refractivity contribution in [3.8, 4) is 17.0 Å². The lowest BCUT2D eigenvalue weighted by atomic mass is 10.0. The maximum absolute atomic E-state index is 14.1. The molecule has 0 fully saturated rings. The molecule has 0 unspecified atom stereocenters. The van der Waals surface area contributed by atoms with Crippen LogP contribution >= 0.6 is 10.7 Å².